The number of hydrogen-bond donors (Lipinski definition) is 2. The van der Waals surface area contributed by atoms with Crippen molar-refractivity contribution in [3.8, 4) is 34.7 Å². The molecule has 1 aromatic heterocycles. The zero-order valence-corrected chi connectivity index (χ0v) is 21.9. The first kappa shape index (κ1) is 26.0. The third kappa shape index (κ3) is 5.85. The second kappa shape index (κ2) is 11.8. The summed E-state index contributed by atoms with van der Waals surface area (Å²) < 4.78 is 20.2. The molecule has 4 rings (SSSR count). The topological polar surface area (TPSA) is 113 Å². The number of fused-ring (bicyclic) bond motifs is 1. The van der Waals surface area contributed by atoms with Gasteiger partial charge in [0.25, 0.3) is 5.89 Å². The summed E-state index contributed by atoms with van der Waals surface area (Å²) in [4.78, 5) is 4.67. The van der Waals surface area contributed by atoms with Crippen LogP contribution in [-0.2, 0) is 11.2 Å². The second-order valence-electron chi connectivity index (χ2n) is 8.96. The molecule has 1 unspecified atom stereocenters. The summed E-state index contributed by atoms with van der Waals surface area (Å²) in [5, 5.41) is 24.4. The summed E-state index contributed by atoms with van der Waals surface area (Å²) in [6, 6.07) is 13.8. The molecule has 2 aromatic carbocycles. The van der Waals surface area contributed by atoms with Crippen molar-refractivity contribution in [2.75, 3.05) is 19.5 Å². The zero-order chi connectivity index (χ0) is 25.7. The van der Waals surface area contributed by atoms with E-state index in [-0.39, 0.29) is 12.1 Å². The van der Waals surface area contributed by atoms with Gasteiger partial charge < -0.3 is 19.1 Å². The molecular formula is C27H32N4O4S. The second-order valence-corrected chi connectivity index (χ2v) is 11.0. The van der Waals surface area contributed by atoms with Crippen molar-refractivity contribution in [2.45, 2.75) is 52.2 Å². The molecule has 9 heteroatoms. The average Bonchev–Trinajstić information content (AvgIpc) is 3.36. The van der Waals surface area contributed by atoms with Crippen LogP contribution in [0.25, 0.3) is 22.8 Å². The van der Waals surface area contributed by atoms with E-state index in [1.165, 1.54) is 11.1 Å². The first-order valence-electron chi connectivity index (χ1n) is 12.1. The van der Waals surface area contributed by atoms with Gasteiger partial charge in [0, 0.05) is 30.0 Å². The van der Waals surface area contributed by atoms with Crippen molar-refractivity contribution in [3.63, 3.8) is 0 Å². The molecule has 0 amide bonds. The molecule has 0 spiro atoms. The largest absolute Gasteiger partial charge is 0.490 e. The van der Waals surface area contributed by atoms with Gasteiger partial charge in [-0.05, 0) is 69.4 Å². The monoisotopic (exact) mass is 508 g/mol. The summed E-state index contributed by atoms with van der Waals surface area (Å²) in [5.74, 6) is 2.13. The van der Waals surface area contributed by atoms with Crippen LogP contribution >= 0.6 is 10.7 Å². The number of aromatic nitrogens is 2. The lowest BCUT2D eigenvalue weighted by Crippen LogP contribution is -2.24. The van der Waals surface area contributed by atoms with Gasteiger partial charge in [0.2, 0.25) is 5.82 Å². The third-order valence-electron chi connectivity index (χ3n) is 6.02. The smallest absolute Gasteiger partial charge is 0.258 e. The standard InChI is InChI=1S/C27H32N4O4S/c1-17(2)34-25-12-11-19(15-20(25)16-28)27-29-26(30-35-27)23-9-5-8-22-21(23)7-6-10-24(22)31-36(18(3)32)14-13-33-4/h5,8-9,11-12,15,17,24,31-32H,6-7,10,13-14H2,1-4H3/t24-,36?/m0/s1. The van der Waals surface area contributed by atoms with Gasteiger partial charge in [-0.3, -0.25) is 4.72 Å². The Labute approximate surface area is 214 Å². The van der Waals surface area contributed by atoms with Gasteiger partial charge in [-0.1, -0.05) is 34.0 Å². The Morgan fingerprint density at radius 2 is 2.17 bits per heavy atom. The van der Waals surface area contributed by atoms with Crippen LogP contribution in [0.2, 0.25) is 0 Å². The van der Waals surface area contributed by atoms with Gasteiger partial charge in [0.05, 0.1) is 23.3 Å². The number of hydrogen-bond acceptors (Lipinski definition) is 7. The summed E-state index contributed by atoms with van der Waals surface area (Å²) in [5.41, 5.74) is 4.42. The minimum atomic E-state index is -0.451. The fourth-order valence-electron chi connectivity index (χ4n) is 4.37. The van der Waals surface area contributed by atoms with Crippen LogP contribution in [-0.4, -0.2) is 45.9 Å². The van der Waals surface area contributed by atoms with Gasteiger partial charge in [-0.2, -0.15) is 10.2 Å². The zero-order valence-electron chi connectivity index (χ0n) is 21.1. The summed E-state index contributed by atoms with van der Waals surface area (Å²) in [6.45, 7) is 6.16. The Hall–Kier alpha value is -3.03. The molecule has 0 fully saturated rings. The Morgan fingerprint density at radius 1 is 1.33 bits per heavy atom. The summed E-state index contributed by atoms with van der Waals surface area (Å²) in [6.07, 6.45) is 2.89. The minimum absolute atomic E-state index is 0.0319. The van der Waals surface area contributed by atoms with E-state index in [4.69, 9.17) is 14.0 Å². The van der Waals surface area contributed by atoms with E-state index < -0.39 is 10.7 Å². The lowest BCUT2D eigenvalue weighted by atomic mass is 9.85. The van der Waals surface area contributed by atoms with E-state index >= 15 is 0 Å². The van der Waals surface area contributed by atoms with E-state index in [0.29, 0.717) is 40.2 Å². The number of nitrogens with one attached hydrogen (secondary N) is 1. The van der Waals surface area contributed by atoms with Gasteiger partial charge in [0.1, 0.15) is 11.8 Å². The highest BCUT2D eigenvalue weighted by Gasteiger charge is 2.25. The highest BCUT2D eigenvalue weighted by molar-refractivity contribution is 8.14. The maximum atomic E-state index is 10.2. The molecule has 0 saturated heterocycles. The Balaban J connectivity index is 1.63. The minimum Gasteiger partial charge on any atom is -0.490 e. The molecule has 0 aliphatic heterocycles. The van der Waals surface area contributed by atoms with Crippen LogP contribution in [0.1, 0.15) is 56.3 Å². The fourth-order valence-corrected chi connectivity index (χ4v) is 5.87. The van der Waals surface area contributed by atoms with E-state index in [1.54, 1.807) is 26.2 Å². The molecule has 2 N–H and O–H groups in total. The van der Waals surface area contributed by atoms with Crippen molar-refractivity contribution >= 4 is 15.7 Å². The molecule has 190 valence electrons. The molecule has 1 heterocycles. The van der Waals surface area contributed by atoms with E-state index in [9.17, 15) is 10.4 Å². The average molecular weight is 509 g/mol. The van der Waals surface area contributed by atoms with Gasteiger partial charge in [-0.25, -0.2) is 0 Å². The Morgan fingerprint density at radius 3 is 2.89 bits per heavy atom. The predicted molar refractivity (Wildman–Crippen MR) is 142 cm³/mol. The number of aliphatic hydroxyl groups excluding tert-OH is 1. The van der Waals surface area contributed by atoms with Crippen LogP contribution in [0.5, 0.6) is 5.75 Å². The van der Waals surface area contributed by atoms with Crippen molar-refractivity contribution < 1.29 is 19.1 Å². The van der Waals surface area contributed by atoms with Crippen molar-refractivity contribution in [2.24, 2.45) is 0 Å². The lowest BCUT2D eigenvalue weighted by molar-refractivity contribution is 0.218. The first-order chi connectivity index (χ1) is 17.4. The normalized spacial score (nSPS) is 16.4. The molecule has 0 bridgehead atoms. The van der Waals surface area contributed by atoms with E-state index in [0.717, 1.165) is 30.6 Å². The van der Waals surface area contributed by atoms with Crippen LogP contribution in [0, 0.1) is 11.3 Å². The Kier molecular flexibility index (Phi) is 8.54. The molecule has 36 heavy (non-hydrogen) atoms. The molecule has 3 aromatic rings. The molecular weight excluding hydrogens is 476 g/mol. The Bertz CT molecular complexity index is 1290. The summed E-state index contributed by atoms with van der Waals surface area (Å²) >= 11 is 0. The maximum absolute atomic E-state index is 10.2. The maximum Gasteiger partial charge on any atom is 0.258 e. The van der Waals surface area contributed by atoms with Crippen molar-refractivity contribution in [1.82, 2.24) is 14.9 Å². The third-order valence-corrected chi connectivity index (χ3v) is 7.87. The predicted octanol–water partition coefficient (Wildman–Crippen LogP) is 5.57. The number of rotatable bonds is 9. The molecule has 2 atom stereocenters. The van der Waals surface area contributed by atoms with E-state index in [2.05, 4.69) is 27.0 Å². The number of benzene rings is 2. The van der Waals surface area contributed by atoms with Crippen LogP contribution < -0.4 is 9.46 Å². The highest BCUT2D eigenvalue weighted by atomic mass is 32.2. The van der Waals surface area contributed by atoms with Crippen molar-refractivity contribution in [3.05, 3.63) is 53.1 Å². The fraction of sp³-hybridized carbons (Fsp3) is 0.407. The number of ether oxygens (including phenoxy) is 2. The van der Waals surface area contributed by atoms with Crippen LogP contribution in [0.3, 0.4) is 0 Å². The van der Waals surface area contributed by atoms with Gasteiger partial charge in [-0.15, -0.1) is 0 Å². The number of nitriles is 1. The highest BCUT2D eigenvalue weighted by Crippen LogP contribution is 2.38. The molecule has 1 aliphatic rings. The number of aliphatic hydroxyl groups is 1. The number of nitrogens with zero attached hydrogens (tertiary/aromatic N) is 3. The molecule has 8 nitrogen and oxygen atoms in total. The number of methoxy groups -OCH3 is 1. The lowest BCUT2D eigenvalue weighted by Gasteiger charge is -2.29. The van der Waals surface area contributed by atoms with E-state index in [1.807, 2.05) is 32.0 Å². The van der Waals surface area contributed by atoms with Crippen molar-refractivity contribution in [1.29, 1.82) is 5.26 Å². The van der Waals surface area contributed by atoms with Gasteiger partial charge in [0.15, 0.2) is 0 Å². The summed E-state index contributed by atoms with van der Waals surface area (Å²) in [7, 11) is 1.22. The SMILES string of the molecule is COCC/S(N[C@H]1CCCc2c(-c3noc(-c4ccc(OC(C)C)c(C#N)c4)n3)cccc21)=C(\C)O. The molecule has 0 saturated carbocycles. The van der Waals surface area contributed by atoms with Gasteiger partial charge >= 0.3 is 0 Å². The molecule has 0 radical (unpaired) electrons. The first-order valence-corrected chi connectivity index (χ1v) is 13.5. The molecule has 1 aliphatic carbocycles. The van der Waals surface area contributed by atoms with Crippen LogP contribution in [0.15, 0.2) is 40.9 Å². The van der Waals surface area contributed by atoms with Crippen LogP contribution in [0.4, 0.5) is 0 Å². The quantitative estimate of drug-likeness (QED) is 0.361.